The van der Waals surface area contributed by atoms with Crippen LogP contribution in [0.25, 0.3) is 0 Å². The summed E-state index contributed by atoms with van der Waals surface area (Å²) in [6.45, 7) is 6.75. The molecule has 1 amide bonds. The molecule has 0 aliphatic carbocycles. The molecule has 4 heteroatoms. The van der Waals surface area contributed by atoms with Gasteiger partial charge in [-0.05, 0) is 57.7 Å². The molecule has 19 heavy (non-hydrogen) atoms. The number of carbonyl (C=O) groups is 1. The summed E-state index contributed by atoms with van der Waals surface area (Å²) in [5.41, 5.74) is 0. The molecular formula is C15H27N3O. The molecule has 0 aromatic rings. The Hall–Kier alpha value is -0.610. The molecule has 3 saturated heterocycles. The summed E-state index contributed by atoms with van der Waals surface area (Å²) in [5, 5.41) is 3.33. The van der Waals surface area contributed by atoms with Gasteiger partial charge in [-0.15, -0.1) is 0 Å². The van der Waals surface area contributed by atoms with Crippen LogP contribution >= 0.6 is 0 Å². The van der Waals surface area contributed by atoms with E-state index >= 15 is 0 Å². The van der Waals surface area contributed by atoms with E-state index in [1.807, 2.05) is 0 Å². The van der Waals surface area contributed by atoms with Crippen molar-refractivity contribution < 1.29 is 4.79 Å². The van der Waals surface area contributed by atoms with E-state index in [-0.39, 0.29) is 6.04 Å². The fourth-order valence-corrected chi connectivity index (χ4v) is 3.80. The van der Waals surface area contributed by atoms with Crippen LogP contribution in [0.3, 0.4) is 0 Å². The van der Waals surface area contributed by atoms with Gasteiger partial charge in [0.25, 0.3) is 0 Å². The van der Waals surface area contributed by atoms with Crippen molar-refractivity contribution in [2.45, 2.75) is 44.6 Å². The van der Waals surface area contributed by atoms with Crippen molar-refractivity contribution >= 4 is 5.91 Å². The third-order valence-corrected chi connectivity index (χ3v) is 4.92. The van der Waals surface area contributed by atoms with Crippen LogP contribution in [-0.4, -0.2) is 61.0 Å². The highest BCUT2D eigenvalue weighted by Crippen LogP contribution is 2.21. The molecule has 3 rings (SSSR count). The van der Waals surface area contributed by atoms with Crippen molar-refractivity contribution in [2.24, 2.45) is 5.92 Å². The summed E-state index contributed by atoms with van der Waals surface area (Å²) in [6, 6.07) is 0.119. The standard InChI is InChI=1S/C15H27N3O/c19-15(14-5-4-7-16-14)18-10-6-13(12-18)11-17-8-2-1-3-9-17/h13-14,16H,1-12H2. The first kappa shape index (κ1) is 13.4. The lowest BCUT2D eigenvalue weighted by molar-refractivity contribution is -0.132. The quantitative estimate of drug-likeness (QED) is 0.829. The maximum atomic E-state index is 12.3. The minimum atomic E-state index is 0.119. The van der Waals surface area contributed by atoms with Crippen molar-refractivity contribution in [1.82, 2.24) is 15.1 Å². The van der Waals surface area contributed by atoms with E-state index in [0.717, 1.165) is 32.5 Å². The molecule has 0 spiro atoms. The Bertz CT molecular complexity index is 309. The second-order valence-electron chi connectivity index (χ2n) is 6.45. The maximum absolute atomic E-state index is 12.3. The van der Waals surface area contributed by atoms with E-state index in [0.29, 0.717) is 11.8 Å². The zero-order valence-corrected chi connectivity index (χ0v) is 11.9. The Morgan fingerprint density at radius 3 is 2.63 bits per heavy atom. The lowest BCUT2D eigenvalue weighted by Gasteiger charge is -2.29. The van der Waals surface area contributed by atoms with E-state index in [2.05, 4.69) is 15.1 Å². The van der Waals surface area contributed by atoms with Gasteiger partial charge in [-0.25, -0.2) is 0 Å². The highest BCUT2D eigenvalue weighted by atomic mass is 16.2. The van der Waals surface area contributed by atoms with Crippen LogP contribution in [0.5, 0.6) is 0 Å². The zero-order chi connectivity index (χ0) is 13.1. The molecule has 0 aromatic carbocycles. The van der Waals surface area contributed by atoms with Crippen molar-refractivity contribution in [3.63, 3.8) is 0 Å². The van der Waals surface area contributed by atoms with Gasteiger partial charge in [0.2, 0.25) is 5.91 Å². The van der Waals surface area contributed by atoms with Gasteiger partial charge < -0.3 is 15.1 Å². The van der Waals surface area contributed by atoms with Gasteiger partial charge in [0.05, 0.1) is 6.04 Å². The van der Waals surface area contributed by atoms with E-state index < -0.39 is 0 Å². The molecule has 3 aliphatic rings. The van der Waals surface area contributed by atoms with Gasteiger partial charge in [-0.1, -0.05) is 6.42 Å². The fraction of sp³-hybridized carbons (Fsp3) is 0.933. The Morgan fingerprint density at radius 2 is 1.89 bits per heavy atom. The van der Waals surface area contributed by atoms with Gasteiger partial charge >= 0.3 is 0 Å². The van der Waals surface area contributed by atoms with Gasteiger partial charge in [0.15, 0.2) is 0 Å². The van der Waals surface area contributed by atoms with E-state index in [9.17, 15) is 4.79 Å². The van der Waals surface area contributed by atoms with Crippen LogP contribution in [0.2, 0.25) is 0 Å². The second kappa shape index (κ2) is 6.23. The molecule has 0 aromatic heterocycles. The van der Waals surface area contributed by atoms with Crippen molar-refractivity contribution in [1.29, 1.82) is 0 Å². The molecule has 1 N–H and O–H groups in total. The van der Waals surface area contributed by atoms with Gasteiger partial charge in [0, 0.05) is 19.6 Å². The molecule has 2 atom stereocenters. The summed E-state index contributed by atoms with van der Waals surface area (Å²) in [5.74, 6) is 1.07. The second-order valence-corrected chi connectivity index (χ2v) is 6.45. The molecule has 4 nitrogen and oxygen atoms in total. The largest absolute Gasteiger partial charge is 0.341 e. The summed E-state index contributed by atoms with van der Waals surface area (Å²) >= 11 is 0. The molecule has 108 valence electrons. The first-order valence-electron chi connectivity index (χ1n) is 8.07. The number of rotatable bonds is 3. The van der Waals surface area contributed by atoms with Crippen molar-refractivity contribution in [3.05, 3.63) is 0 Å². The summed E-state index contributed by atoms with van der Waals surface area (Å²) in [6.07, 6.45) is 7.52. The van der Waals surface area contributed by atoms with Crippen molar-refractivity contribution in [3.8, 4) is 0 Å². The Morgan fingerprint density at radius 1 is 1.05 bits per heavy atom. The lowest BCUT2D eigenvalue weighted by atomic mass is 10.1. The van der Waals surface area contributed by atoms with E-state index in [1.165, 1.54) is 45.3 Å². The minimum absolute atomic E-state index is 0.119. The number of hydrogen-bond acceptors (Lipinski definition) is 3. The minimum Gasteiger partial charge on any atom is -0.341 e. The smallest absolute Gasteiger partial charge is 0.239 e. The van der Waals surface area contributed by atoms with Gasteiger partial charge in [-0.2, -0.15) is 0 Å². The maximum Gasteiger partial charge on any atom is 0.239 e. The summed E-state index contributed by atoms with van der Waals surface area (Å²) in [7, 11) is 0. The first-order valence-corrected chi connectivity index (χ1v) is 8.07. The van der Waals surface area contributed by atoms with Crippen LogP contribution < -0.4 is 5.32 Å². The number of nitrogens with one attached hydrogen (secondary N) is 1. The first-order chi connectivity index (χ1) is 9.33. The Kier molecular flexibility index (Phi) is 4.38. The molecule has 0 bridgehead atoms. The molecular weight excluding hydrogens is 238 g/mol. The van der Waals surface area contributed by atoms with Crippen LogP contribution in [0, 0.1) is 5.92 Å². The van der Waals surface area contributed by atoms with Crippen LogP contribution in [0.15, 0.2) is 0 Å². The van der Waals surface area contributed by atoms with E-state index in [4.69, 9.17) is 0 Å². The third-order valence-electron chi connectivity index (χ3n) is 4.92. The van der Waals surface area contributed by atoms with Crippen LogP contribution in [0.4, 0.5) is 0 Å². The number of carbonyl (C=O) groups excluding carboxylic acids is 1. The normalized spacial score (nSPS) is 32.9. The lowest BCUT2D eigenvalue weighted by Crippen LogP contribution is -2.43. The predicted molar refractivity (Wildman–Crippen MR) is 76.0 cm³/mol. The van der Waals surface area contributed by atoms with Gasteiger partial charge in [0.1, 0.15) is 0 Å². The van der Waals surface area contributed by atoms with E-state index in [1.54, 1.807) is 0 Å². The molecule has 2 unspecified atom stereocenters. The molecule has 3 aliphatic heterocycles. The Balaban J connectivity index is 1.45. The molecule has 0 saturated carbocycles. The summed E-state index contributed by atoms with van der Waals surface area (Å²) < 4.78 is 0. The molecule has 3 heterocycles. The predicted octanol–water partition coefficient (Wildman–Crippen LogP) is 1.07. The van der Waals surface area contributed by atoms with Crippen LogP contribution in [0.1, 0.15) is 38.5 Å². The summed E-state index contributed by atoms with van der Waals surface area (Å²) in [4.78, 5) is 17.1. The number of likely N-dealkylation sites (tertiary alicyclic amines) is 2. The number of hydrogen-bond donors (Lipinski definition) is 1. The highest BCUT2D eigenvalue weighted by molar-refractivity contribution is 5.82. The monoisotopic (exact) mass is 265 g/mol. The van der Waals surface area contributed by atoms with Crippen molar-refractivity contribution in [2.75, 3.05) is 39.3 Å². The van der Waals surface area contributed by atoms with Crippen LogP contribution in [-0.2, 0) is 4.79 Å². The number of nitrogens with zero attached hydrogens (tertiary/aromatic N) is 2. The zero-order valence-electron chi connectivity index (χ0n) is 11.9. The highest BCUT2D eigenvalue weighted by Gasteiger charge is 2.32. The Labute approximate surface area is 116 Å². The number of piperidine rings is 1. The average Bonchev–Trinajstić information content (AvgIpc) is 3.10. The fourth-order valence-electron chi connectivity index (χ4n) is 3.80. The molecule has 3 fully saturated rings. The number of amides is 1. The third kappa shape index (κ3) is 3.29. The topological polar surface area (TPSA) is 35.6 Å². The van der Waals surface area contributed by atoms with Gasteiger partial charge in [-0.3, -0.25) is 4.79 Å². The molecule has 0 radical (unpaired) electrons. The SMILES string of the molecule is O=C(C1CCCN1)N1CCC(CN2CCCCC2)C1. The average molecular weight is 265 g/mol.